The third-order valence-corrected chi connectivity index (χ3v) is 7.79. The summed E-state index contributed by atoms with van der Waals surface area (Å²) in [5.41, 5.74) is 2.23. The molecular formula is C38H48N4O5. The van der Waals surface area contributed by atoms with Crippen molar-refractivity contribution in [3.05, 3.63) is 120 Å². The molecule has 9 heteroatoms. The first kappa shape index (κ1) is 35.2. The number of hydrogen-bond donors (Lipinski definition) is 4. The maximum absolute atomic E-state index is 14.0. The standard InChI is InChI=1S/C38H48N4O5/c1-26(2)34(35-39-20-21-40-35)42-36(44)30(22-28-16-18-31(19-17-28)46-25-29-14-10-7-11-15-29)24-33(43)32(23-27-12-8-6-9-13-27)41-37(45)47-38(3,4)5/h6-21,26,30,32-34,43H,22-25H2,1-5H3,(H,39,40)(H,41,45)(H,42,44)/t30-,32+,33+,34+/m1/s1. The third-order valence-electron chi connectivity index (χ3n) is 7.79. The predicted octanol–water partition coefficient (Wildman–Crippen LogP) is 6.55. The largest absolute Gasteiger partial charge is 0.489 e. The highest BCUT2D eigenvalue weighted by Gasteiger charge is 2.32. The number of rotatable bonds is 15. The van der Waals surface area contributed by atoms with Crippen molar-refractivity contribution in [2.75, 3.05) is 0 Å². The fourth-order valence-corrected chi connectivity index (χ4v) is 5.37. The van der Waals surface area contributed by atoms with E-state index < -0.39 is 29.8 Å². The molecule has 0 radical (unpaired) electrons. The van der Waals surface area contributed by atoms with Crippen molar-refractivity contribution in [1.29, 1.82) is 0 Å². The van der Waals surface area contributed by atoms with E-state index in [1.54, 1.807) is 33.2 Å². The van der Waals surface area contributed by atoms with Gasteiger partial charge in [-0.1, -0.05) is 86.6 Å². The van der Waals surface area contributed by atoms with Gasteiger partial charge in [-0.3, -0.25) is 4.79 Å². The highest BCUT2D eigenvalue weighted by atomic mass is 16.6. The molecule has 1 heterocycles. The fraction of sp³-hybridized carbons (Fsp3) is 0.395. The van der Waals surface area contributed by atoms with Crippen molar-refractivity contribution in [1.82, 2.24) is 20.6 Å². The van der Waals surface area contributed by atoms with E-state index in [-0.39, 0.29) is 24.3 Å². The molecule has 4 aromatic rings. The van der Waals surface area contributed by atoms with E-state index in [0.717, 1.165) is 22.4 Å². The summed E-state index contributed by atoms with van der Waals surface area (Å²) < 4.78 is 11.5. The van der Waals surface area contributed by atoms with Crippen LogP contribution in [0.1, 0.15) is 69.6 Å². The summed E-state index contributed by atoms with van der Waals surface area (Å²) in [5.74, 6) is 0.633. The minimum absolute atomic E-state index is 0.0661. The first-order chi connectivity index (χ1) is 22.5. The van der Waals surface area contributed by atoms with Crippen LogP contribution in [0, 0.1) is 11.8 Å². The number of aliphatic hydroxyl groups excluding tert-OH is 1. The predicted molar refractivity (Wildman–Crippen MR) is 183 cm³/mol. The second kappa shape index (κ2) is 16.8. The molecule has 0 fully saturated rings. The lowest BCUT2D eigenvalue weighted by Gasteiger charge is -2.30. The van der Waals surface area contributed by atoms with Crippen molar-refractivity contribution in [2.24, 2.45) is 11.8 Å². The van der Waals surface area contributed by atoms with Gasteiger partial charge in [0, 0.05) is 18.3 Å². The van der Waals surface area contributed by atoms with Crippen LogP contribution in [0.4, 0.5) is 4.79 Å². The van der Waals surface area contributed by atoms with Crippen LogP contribution in [0.15, 0.2) is 97.3 Å². The molecule has 0 aliphatic rings. The number of benzene rings is 3. The summed E-state index contributed by atoms with van der Waals surface area (Å²) in [6.07, 6.45) is 2.56. The molecule has 0 saturated heterocycles. The van der Waals surface area contributed by atoms with Gasteiger partial charge in [-0.05, 0) is 74.8 Å². The molecule has 0 bridgehead atoms. The summed E-state index contributed by atoms with van der Waals surface area (Å²) in [6, 6.07) is 26.2. The van der Waals surface area contributed by atoms with Gasteiger partial charge in [0.2, 0.25) is 5.91 Å². The molecule has 0 aliphatic carbocycles. The molecular weight excluding hydrogens is 592 g/mol. The van der Waals surface area contributed by atoms with Crippen molar-refractivity contribution in [3.63, 3.8) is 0 Å². The first-order valence-electron chi connectivity index (χ1n) is 16.2. The molecule has 250 valence electrons. The number of imidazole rings is 1. The van der Waals surface area contributed by atoms with E-state index in [4.69, 9.17) is 9.47 Å². The molecule has 4 rings (SSSR count). The average molecular weight is 641 g/mol. The van der Waals surface area contributed by atoms with Gasteiger partial charge < -0.3 is 30.2 Å². The van der Waals surface area contributed by atoms with Gasteiger partial charge in [-0.15, -0.1) is 0 Å². The number of alkyl carbamates (subject to hydrolysis) is 1. The van der Waals surface area contributed by atoms with E-state index in [2.05, 4.69) is 20.6 Å². The van der Waals surface area contributed by atoms with Crippen molar-refractivity contribution in [2.45, 2.75) is 84.3 Å². The van der Waals surface area contributed by atoms with Gasteiger partial charge in [0.15, 0.2) is 0 Å². The van der Waals surface area contributed by atoms with Gasteiger partial charge in [-0.25, -0.2) is 9.78 Å². The highest BCUT2D eigenvalue weighted by Crippen LogP contribution is 2.24. The lowest BCUT2D eigenvalue weighted by molar-refractivity contribution is -0.127. The maximum atomic E-state index is 14.0. The molecule has 0 saturated carbocycles. The van der Waals surface area contributed by atoms with Crippen LogP contribution in [0.25, 0.3) is 0 Å². The quantitative estimate of drug-likeness (QED) is 0.117. The Labute approximate surface area is 278 Å². The second-order valence-corrected chi connectivity index (χ2v) is 13.3. The molecule has 2 amide bonds. The van der Waals surface area contributed by atoms with Gasteiger partial charge >= 0.3 is 6.09 Å². The number of amides is 2. The first-order valence-corrected chi connectivity index (χ1v) is 16.2. The number of nitrogens with one attached hydrogen (secondary N) is 3. The Bertz CT molecular complexity index is 1500. The number of nitrogens with zero attached hydrogens (tertiary/aromatic N) is 1. The van der Waals surface area contributed by atoms with E-state index in [9.17, 15) is 14.7 Å². The number of ether oxygens (including phenoxy) is 2. The SMILES string of the molecule is CC(C)[C@H](NC(=O)[C@H](Cc1ccc(OCc2ccccc2)cc1)C[C@H](O)[C@H](Cc1ccccc1)NC(=O)OC(C)(C)C)c1ncc[nH]1. The number of carbonyl (C=O) groups excluding carboxylic acids is 2. The number of aromatic nitrogens is 2. The van der Waals surface area contributed by atoms with Crippen LogP contribution in [0.2, 0.25) is 0 Å². The van der Waals surface area contributed by atoms with E-state index in [1.165, 1.54) is 0 Å². The Morgan fingerprint density at radius 3 is 2.04 bits per heavy atom. The van der Waals surface area contributed by atoms with Crippen LogP contribution in [0.5, 0.6) is 5.75 Å². The molecule has 47 heavy (non-hydrogen) atoms. The average Bonchev–Trinajstić information content (AvgIpc) is 3.57. The normalized spacial score (nSPS) is 14.1. The summed E-state index contributed by atoms with van der Waals surface area (Å²) in [6.45, 7) is 9.86. The number of aromatic amines is 1. The van der Waals surface area contributed by atoms with Crippen molar-refractivity contribution >= 4 is 12.0 Å². The van der Waals surface area contributed by atoms with Gasteiger partial charge in [0.05, 0.1) is 18.2 Å². The van der Waals surface area contributed by atoms with E-state index in [1.807, 2.05) is 98.8 Å². The zero-order valence-corrected chi connectivity index (χ0v) is 28.0. The smallest absolute Gasteiger partial charge is 0.407 e. The minimum atomic E-state index is -1.05. The number of H-pyrrole nitrogens is 1. The number of hydrogen-bond acceptors (Lipinski definition) is 6. The lowest BCUT2D eigenvalue weighted by Crippen LogP contribution is -2.48. The van der Waals surface area contributed by atoms with Crippen LogP contribution in [-0.2, 0) is 29.0 Å². The summed E-state index contributed by atoms with van der Waals surface area (Å²) in [4.78, 5) is 34.4. The molecule has 1 aromatic heterocycles. The van der Waals surface area contributed by atoms with E-state index >= 15 is 0 Å². The van der Waals surface area contributed by atoms with Gasteiger partial charge in [0.1, 0.15) is 23.8 Å². The van der Waals surface area contributed by atoms with Crippen LogP contribution in [-0.4, -0.2) is 44.8 Å². The Balaban J connectivity index is 1.54. The Morgan fingerprint density at radius 2 is 1.47 bits per heavy atom. The van der Waals surface area contributed by atoms with Crippen molar-refractivity contribution in [3.8, 4) is 5.75 Å². The minimum Gasteiger partial charge on any atom is -0.489 e. The highest BCUT2D eigenvalue weighted by molar-refractivity contribution is 5.79. The zero-order valence-electron chi connectivity index (χ0n) is 28.0. The molecule has 9 nitrogen and oxygen atoms in total. The van der Waals surface area contributed by atoms with Crippen LogP contribution >= 0.6 is 0 Å². The Morgan fingerprint density at radius 1 is 0.851 bits per heavy atom. The topological polar surface area (TPSA) is 126 Å². The Kier molecular flexibility index (Phi) is 12.6. The summed E-state index contributed by atoms with van der Waals surface area (Å²) in [5, 5.41) is 17.7. The molecule has 4 N–H and O–H groups in total. The molecule has 3 aromatic carbocycles. The number of aliphatic hydroxyl groups is 1. The molecule has 0 spiro atoms. The molecule has 0 aliphatic heterocycles. The molecule has 4 atom stereocenters. The van der Waals surface area contributed by atoms with Gasteiger partial charge in [-0.2, -0.15) is 0 Å². The molecule has 0 unspecified atom stereocenters. The van der Waals surface area contributed by atoms with Crippen LogP contribution < -0.4 is 15.4 Å². The zero-order chi connectivity index (χ0) is 33.8. The van der Waals surface area contributed by atoms with Crippen molar-refractivity contribution < 1.29 is 24.2 Å². The number of carbonyl (C=O) groups is 2. The summed E-state index contributed by atoms with van der Waals surface area (Å²) >= 11 is 0. The summed E-state index contributed by atoms with van der Waals surface area (Å²) in [7, 11) is 0. The van der Waals surface area contributed by atoms with Gasteiger partial charge in [0.25, 0.3) is 0 Å². The second-order valence-electron chi connectivity index (χ2n) is 13.3. The fourth-order valence-electron chi connectivity index (χ4n) is 5.37. The Hall–Kier alpha value is -4.63. The lowest BCUT2D eigenvalue weighted by atomic mass is 9.88. The van der Waals surface area contributed by atoms with Crippen LogP contribution in [0.3, 0.4) is 0 Å². The maximum Gasteiger partial charge on any atom is 0.407 e. The monoisotopic (exact) mass is 640 g/mol. The third kappa shape index (κ3) is 11.6. The van der Waals surface area contributed by atoms with E-state index in [0.29, 0.717) is 25.3 Å².